The van der Waals surface area contributed by atoms with Gasteiger partial charge in [0.05, 0.1) is 6.67 Å². The molecular weight excluding hydrogens is 160 g/mol. The second kappa shape index (κ2) is 4.03. The van der Waals surface area contributed by atoms with Crippen LogP contribution in [0.25, 0.3) is 0 Å². The van der Waals surface area contributed by atoms with Crippen LogP contribution in [0.3, 0.4) is 0 Å². The molecule has 0 amide bonds. The summed E-state index contributed by atoms with van der Waals surface area (Å²) in [4.78, 5) is 4.93. The first-order chi connectivity index (χ1) is 6.40. The van der Waals surface area contributed by atoms with Gasteiger partial charge in [-0.3, -0.25) is 0 Å². The van der Waals surface area contributed by atoms with Gasteiger partial charge in [-0.2, -0.15) is 0 Å². The van der Waals surface area contributed by atoms with Crippen molar-refractivity contribution in [3.05, 3.63) is 12.4 Å². The zero-order valence-electron chi connectivity index (χ0n) is 8.58. The smallest absolute Gasteiger partial charge is 0.0896 e. The van der Waals surface area contributed by atoms with Crippen molar-refractivity contribution in [2.24, 2.45) is 0 Å². The van der Waals surface area contributed by atoms with E-state index in [0.29, 0.717) is 0 Å². The molecule has 0 aromatic carbocycles. The normalized spacial score (nSPS) is 23.5. The van der Waals surface area contributed by atoms with E-state index in [1.165, 1.54) is 38.6 Å². The molecule has 13 heavy (non-hydrogen) atoms. The van der Waals surface area contributed by atoms with Crippen LogP contribution in [0.4, 0.5) is 0 Å². The lowest BCUT2D eigenvalue weighted by molar-refractivity contribution is 0.213. The maximum Gasteiger partial charge on any atom is 0.0896 e. The van der Waals surface area contributed by atoms with E-state index in [1.54, 1.807) is 0 Å². The van der Waals surface area contributed by atoms with Crippen LogP contribution < -0.4 is 0 Å². The summed E-state index contributed by atoms with van der Waals surface area (Å²) in [6.07, 6.45) is 11.5. The van der Waals surface area contributed by atoms with Gasteiger partial charge < -0.3 is 9.80 Å². The fourth-order valence-electron chi connectivity index (χ4n) is 2.39. The molecule has 1 saturated carbocycles. The maximum absolute atomic E-state index is 2.52. The molecule has 2 aliphatic rings. The number of rotatable bonds is 3. The predicted octanol–water partition coefficient (Wildman–Crippen LogP) is 2.39. The number of hydrogen-bond donors (Lipinski definition) is 0. The third-order valence-electron chi connectivity index (χ3n) is 3.12. The summed E-state index contributed by atoms with van der Waals surface area (Å²) in [5, 5.41) is 0. The highest BCUT2D eigenvalue weighted by Gasteiger charge is 2.23. The van der Waals surface area contributed by atoms with Crippen molar-refractivity contribution < 1.29 is 0 Å². The third kappa shape index (κ3) is 1.98. The lowest BCUT2D eigenvalue weighted by Gasteiger charge is -2.26. The van der Waals surface area contributed by atoms with E-state index in [-0.39, 0.29) is 0 Å². The highest BCUT2D eigenvalue weighted by Crippen LogP contribution is 2.25. The van der Waals surface area contributed by atoms with Crippen molar-refractivity contribution in [1.82, 2.24) is 9.80 Å². The minimum Gasteiger partial charge on any atom is -0.359 e. The van der Waals surface area contributed by atoms with Crippen LogP contribution in [0.5, 0.6) is 0 Å². The van der Waals surface area contributed by atoms with Crippen molar-refractivity contribution >= 4 is 0 Å². The van der Waals surface area contributed by atoms with E-state index in [0.717, 1.165) is 12.7 Å². The van der Waals surface area contributed by atoms with Gasteiger partial charge in [-0.05, 0) is 19.3 Å². The Morgan fingerprint density at radius 1 is 1.23 bits per heavy atom. The first kappa shape index (κ1) is 8.92. The Labute approximate surface area is 81.2 Å². The van der Waals surface area contributed by atoms with Crippen molar-refractivity contribution in [3.8, 4) is 0 Å². The van der Waals surface area contributed by atoms with E-state index < -0.39 is 0 Å². The van der Waals surface area contributed by atoms with Gasteiger partial charge in [-0.15, -0.1) is 0 Å². The lowest BCUT2D eigenvalue weighted by Crippen LogP contribution is -2.32. The summed E-state index contributed by atoms with van der Waals surface area (Å²) in [6.45, 7) is 4.59. The predicted molar refractivity (Wildman–Crippen MR) is 55.1 cm³/mol. The molecule has 0 radical (unpaired) electrons. The number of nitrogens with zero attached hydrogens (tertiary/aromatic N) is 2. The zero-order chi connectivity index (χ0) is 9.10. The summed E-state index contributed by atoms with van der Waals surface area (Å²) < 4.78 is 0. The Morgan fingerprint density at radius 2 is 2.00 bits per heavy atom. The summed E-state index contributed by atoms with van der Waals surface area (Å²) >= 11 is 0. The van der Waals surface area contributed by atoms with E-state index in [1.807, 2.05) is 0 Å². The van der Waals surface area contributed by atoms with Crippen LogP contribution >= 0.6 is 0 Å². The Balaban J connectivity index is 1.81. The molecule has 1 aliphatic carbocycles. The molecule has 0 unspecified atom stereocenters. The average molecular weight is 180 g/mol. The van der Waals surface area contributed by atoms with Crippen LogP contribution in [0.15, 0.2) is 12.4 Å². The molecule has 0 spiro atoms. The van der Waals surface area contributed by atoms with Crippen LogP contribution in [0.1, 0.15) is 39.0 Å². The molecule has 0 N–H and O–H groups in total. The second-order valence-electron chi connectivity index (χ2n) is 4.20. The fourth-order valence-corrected chi connectivity index (χ4v) is 2.39. The molecule has 0 aromatic rings. The van der Waals surface area contributed by atoms with E-state index in [4.69, 9.17) is 0 Å². The van der Waals surface area contributed by atoms with Crippen LogP contribution in [-0.4, -0.2) is 29.1 Å². The zero-order valence-corrected chi connectivity index (χ0v) is 8.58. The highest BCUT2D eigenvalue weighted by atomic mass is 15.3. The molecule has 0 bridgehead atoms. The first-order valence-electron chi connectivity index (χ1n) is 5.58. The molecule has 0 atom stereocenters. The van der Waals surface area contributed by atoms with Gasteiger partial charge in [-0.1, -0.05) is 19.8 Å². The van der Waals surface area contributed by atoms with Crippen molar-refractivity contribution in [2.45, 2.75) is 45.1 Å². The van der Waals surface area contributed by atoms with Crippen molar-refractivity contribution in [3.63, 3.8) is 0 Å². The highest BCUT2D eigenvalue weighted by molar-refractivity contribution is 4.94. The van der Waals surface area contributed by atoms with Gasteiger partial charge in [-0.25, -0.2) is 0 Å². The van der Waals surface area contributed by atoms with Crippen LogP contribution in [-0.2, 0) is 0 Å². The van der Waals surface area contributed by atoms with Crippen molar-refractivity contribution in [1.29, 1.82) is 0 Å². The molecule has 2 heteroatoms. The molecule has 0 saturated heterocycles. The van der Waals surface area contributed by atoms with Gasteiger partial charge in [0.1, 0.15) is 0 Å². The van der Waals surface area contributed by atoms with E-state index in [2.05, 4.69) is 29.1 Å². The van der Waals surface area contributed by atoms with Crippen LogP contribution in [0, 0.1) is 0 Å². The fraction of sp³-hybridized carbons (Fsp3) is 0.818. The average Bonchev–Trinajstić information content (AvgIpc) is 2.70. The van der Waals surface area contributed by atoms with Crippen molar-refractivity contribution in [2.75, 3.05) is 13.2 Å². The summed E-state index contributed by atoms with van der Waals surface area (Å²) in [6, 6.07) is 0.845. The maximum atomic E-state index is 2.52. The summed E-state index contributed by atoms with van der Waals surface area (Å²) in [5.74, 6) is 0. The van der Waals surface area contributed by atoms with E-state index in [9.17, 15) is 0 Å². The minimum absolute atomic E-state index is 0.845. The van der Waals surface area contributed by atoms with Crippen LogP contribution in [0.2, 0.25) is 0 Å². The van der Waals surface area contributed by atoms with E-state index >= 15 is 0 Å². The van der Waals surface area contributed by atoms with Gasteiger partial charge in [0.25, 0.3) is 0 Å². The Hall–Kier alpha value is -0.660. The number of hydrogen-bond acceptors (Lipinski definition) is 2. The SMILES string of the molecule is CCCN1C=CN(C2CCCC2)C1. The molecule has 2 rings (SSSR count). The Kier molecular flexibility index (Phi) is 2.77. The molecule has 1 aliphatic heterocycles. The van der Waals surface area contributed by atoms with Gasteiger partial charge in [0.15, 0.2) is 0 Å². The Morgan fingerprint density at radius 3 is 2.69 bits per heavy atom. The minimum atomic E-state index is 0.845. The molecular formula is C11H20N2. The summed E-state index contributed by atoms with van der Waals surface area (Å²) in [7, 11) is 0. The third-order valence-corrected chi connectivity index (χ3v) is 3.12. The van der Waals surface area contributed by atoms with Gasteiger partial charge in [0.2, 0.25) is 0 Å². The van der Waals surface area contributed by atoms with Gasteiger partial charge in [0, 0.05) is 25.0 Å². The second-order valence-corrected chi connectivity index (χ2v) is 4.20. The molecule has 1 heterocycles. The quantitative estimate of drug-likeness (QED) is 0.658. The summed E-state index contributed by atoms with van der Waals surface area (Å²) in [5.41, 5.74) is 0. The molecule has 2 nitrogen and oxygen atoms in total. The largest absolute Gasteiger partial charge is 0.359 e. The molecule has 0 aromatic heterocycles. The molecule has 1 fully saturated rings. The lowest BCUT2D eigenvalue weighted by atomic mass is 10.2. The van der Waals surface area contributed by atoms with Gasteiger partial charge >= 0.3 is 0 Å². The molecule has 74 valence electrons. The standard InChI is InChI=1S/C11H20N2/c1-2-7-12-8-9-13(10-12)11-5-3-4-6-11/h8-9,11H,2-7,10H2,1H3. The monoisotopic (exact) mass is 180 g/mol. The topological polar surface area (TPSA) is 6.48 Å². The first-order valence-corrected chi connectivity index (χ1v) is 5.58. The Bertz CT molecular complexity index is 183.